The first-order valence-electron chi connectivity index (χ1n) is 13.3. The number of carbonyl (C=O) groups excluding carboxylic acids is 1. The second-order valence-electron chi connectivity index (χ2n) is 11.7. The molecule has 9 heteroatoms. The molecular formula is C30H36FN6O2+. The van der Waals surface area contributed by atoms with Gasteiger partial charge in [-0.15, -0.1) is 0 Å². The molecule has 0 aliphatic carbocycles. The zero-order valence-corrected chi connectivity index (χ0v) is 23.2. The van der Waals surface area contributed by atoms with Crippen molar-refractivity contribution >= 4 is 17.3 Å². The van der Waals surface area contributed by atoms with Crippen molar-refractivity contribution in [1.29, 1.82) is 5.53 Å². The maximum atomic E-state index is 14.8. The molecule has 39 heavy (non-hydrogen) atoms. The Morgan fingerprint density at radius 2 is 2.08 bits per heavy atom. The molecule has 3 heterocycles. The number of imidazole rings is 1. The van der Waals surface area contributed by atoms with E-state index in [-0.39, 0.29) is 29.1 Å². The van der Waals surface area contributed by atoms with Crippen molar-refractivity contribution in [2.45, 2.75) is 46.6 Å². The minimum Gasteiger partial charge on any atom is -0.495 e. The van der Waals surface area contributed by atoms with E-state index in [4.69, 9.17) is 10.3 Å². The third kappa shape index (κ3) is 5.23. The Kier molecular flexibility index (Phi) is 7.11. The fourth-order valence-electron chi connectivity index (χ4n) is 5.73. The Morgan fingerprint density at radius 3 is 2.74 bits per heavy atom. The fraction of sp³-hybridized carbons (Fsp3) is 0.400. The number of anilines is 1. The quantitative estimate of drug-likeness (QED) is 0.457. The number of ether oxygens (including phenoxy) is 1. The Hall–Kier alpha value is -3.85. The molecule has 2 aliphatic rings. The van der Waals surface area contributed by atoms with E-state index in [0.29, 0.717) is 35.7 Å². The molecule has 1 fully saturated rings. The molecule has 3 atom stereocenters. The van der Waals surface area contributed by atoms with E-state index in [9.17, 15) is 9.18 Å². The van der Waals surface area contributed by atoms with Crippen LogP contribution >= 0.6 is 0 Å². The maximum absolute atomic E-state index is 14.8. The molecule has 204 valence electrons. The summed E-state index contributed by atoms with van der Waals surface area (Å²) in [5.74, 6) is 0.506. The first-order valence-corrected chi connectivity index (χ1v) is 13.3. The smallest absolute Gasteiger partial charge is 0.286 e. The molecule has 8 nitrogen and oxygen atoms in total. The molecule has 5 rings (SSSR count). The number of aromatic nitrogens is 2. The normalized spacial score (nSPS) is 21.4. The Bertz CT molecular complexity index is 1440. The van der Waals surface area contributed by atoms with Gasteiger partial charge in [0.05, 0.1) is 37.3 Å². The van der Waals surface area contributed by atoms with Crippen LogP contribution in [0.25, 0.3) is 11.4 Å². The van der Waals surface area contributed by atoms with Gasteiger partial charge in [-0.3, -0.25) is 9.69 Å². The highest BCUT2D eigenvalue weighted by atomic mass is 19.1. The summed E-state index contributed by atoms with van der Waals surface area (Å²) >= 11 is 0. The summed E-state index contributed by atoms with van der Waals surface area (Å²) in [6.07, 6.45) is 6.87. The molecule has 2 unspecified atom stereocenters. The zero-order valence-electron chi connectivity index (χ0n) is 23.2. The lowest BCUT2D eigenvalue weighted by molar-refractivity contribution is -0.920. The van der Waals surface area contributed by atoms with Crippen molar-refractivity contribution in [3.63, 3.8) is 0 Å². The van der Waals surface area contributed by atoms with Crippen molar-refractivity contribution in [1.82, 2.24) is 9.55 Å². The monoisotopic (exact) mass is 531 g/mol. The predicted octanol–water partition coefficient (Wildman–Crippen LogP) is 4.57. The predicted molar refractivity (Wildman–Crippen MR) is 148 cm³/mol. The highest BCUT2D eigenvalue weighted by molar-refractivity contribution is 5.98. The third-order valence-electron chi connectivity index (χ3n) is 7.59. The largest absolute Gasteiger partial charge is 0.495 e. The van der Waals surface area contributed by atoms with E-state index in [1.807, 2.05) is 48.2 Å². The molecule has 0 bridgehead atoms. The SMILES string of the molecule is COc1cc(/C(=C/[NH+]2CC3CCc4c(F)cccc4N(CC(C)(C)C)C(=O)[C@H]32)N=N)ccc1-n1cnc(C)c1. The Morgan fingerprint density at radius 1 is 1.28 bits per heavy atom. The summed E-state index contributed by atoms with van der Waals surface area (Å²) in [4.78, 5) is 21.1. The lowest BCUT2D eigenvalue weighted by Gasteiger charge is -2.45. The van der Waals surface area contributed by atoms with Gasteiger partial charge in [-0.05, 0) is 49.4 Å². The summed E-state index contributed by atoms with van der Waals surface area (Å²) in [5, 5.41) is 3.83. The molecular weight excluding hydrogens is 495 g/mol. The molecule has 2 aromatic carbocycles. The van der Waals surface area contributed by atoms with Crippen LogP contribution < -0.4 is 14.5 Å². The number of aryl methyl sites for hydroxylation is 1. The average Bonchev–Trinajstić information content (AvgIpc) is 3.31. The molecule has 3 aromatic rings. The topological polar surface area (TPSA) is 88.0 Å². The van der Waals surface area contributed by atoms with Crippen LogP contribution in [0.15, 0.2) is 60.2 Å². The van der Waals surface area contributed by atoms with E-state index in [2.05, 4.69) is 30.9 Å². The summed E-state index contributed by atoms with van der Waals surface area (Å²) in [7, 11) is 1.61. The van der Waals surface area contributed by atoms with Crippen LogP contribution in [0.5, 0.6) is 5.75 Å². The van der Waals surface area contributed by atoms with Crippen LogP contribution in [-0.2, 0) is 11.2 Å². The number of halogens is 1. The summed E-state index contributed by atoms with van der Waals surface area (Å²) in [5.41, 5.74) is 12.0. The van der Waals surface area contributed by atoms with Crippen molar-refractivity contribution < 1.29 is 18.8 Å². The van der Waals surface area contributed by atoms with Crippen molar-refractivity contribution in [3.05, 3.63) is 77.8 Å². The number of quaternary nitrogens is 1. The van der Waals surface area contributed by atoms with Crippen molar-refractivity contribution in [2.24, 2.45) is 16.4 Å². The number of nitrogens with one attached hydrogen (secondary N) is 2. The number of benzene rings is 2. The summed E-state index contributed by atoms with van der Waals surface area (Å²) in [6.45, 7) is 9.39. The van der Waals surface area contributed by atoms with E-state index in [0.717, 1.165) is 34.8 Å². The Balaban J connectivity index is 1.47. The van der Waals surface area contributed by atoms with Gasteiger partial charge in [0.1, 0.15) is 23.5 Å². The van der Waals surface area contributed by atoms with Gasteiger partial charge in [0.25, 0.3) is 5.91 Å². The second-order valence-corrected chi connectivity index (χ2v) is 11.7. The fourth-order valence-corrected chi connectivity index (χ4v) is 5.73. The standard InChI is InChI=1S/C30H35FN6O2/c1-19-14-36(18-33-19)26-12-10-20(13-27(26)39-5)24(34-32)16-35-15-21-9-11-22-23(31)7-6-8-25(22)37(17-30(2,3)4)29(38)28(21)35/h6-8,10,12-14,16,18,21,28,32H,9,11,15,17H2,1-5H3/p+1/b24-16-,34-32?/t21?,28-/m0/s1. The van der Waals surface area contributed by atoms with Crippen LogP contribution in [0.4, 0.5) is 10.1 Å². The number of fused-ring (bicyclic) bond motifs is 2. The number of nitrogens with zero attached hydrogens (tertiary/aromatic N) is 4. The number of amides is 1. The highest BCUT2D eigenvalue weighted by Gasteiger charge is 2.51. The average molecular weight is 532 g/mol. The van der Waals surface area contributed by atoms with Crippen LogP contribution in [0.2, 0.25) is 0 Å². The number of rotatable bonds is 6. The molecule has 1 amide bonds. The maximum Gasteiger partial charge on any atom is 0.286 e. The van der Waals surface area contributed by atoms with Gasteiger partial charge in [-0.2, -0.15) is 5.11 Å². The molecule has 2 aliphatic heterocycles. The molecule has 1 aromatic heterocycles. The molecule has 0 saturated carbocycles. The third-order valence-corrected chi connectivity index (χ3v) is 7.59. The highest BCUT2D eigenvalue weighted by Crippen LogP contribution is 2.34. The first-order chi connectivity index (χ1) is 18.6. The number of hydrogen-bond acceptors (Lipinski definition) is 5. The molecule has 1 saturated heterocycles. The van der Waals surface area contributed by atoms with Gasteiger partial charge in [0, 0.05) is 29.6 Å². The van der Waals surface area contributed by atoms with Crippen LogP contribution in [0, 0.1) is 29.6 Å². The first kappa shape index (κ1) is 26.7. The van der Waals surface area contributed by atoms with Crippen LogP contribution in [-0.4, -0.2) is 41.7 Å². The van der Waals surface area contributed by atoms with Gasteiger partial charge in [0.15, 0.2) is 6.04 Å². The van der Waals surface area contributed by atoms with Gasteiger partial charge in [0.2, 0.25) is 0 Å². The zero-order chi connectivity index (χ0) is 27.9. The van der Waals surface area contributed by atoms with Crippen molar-refractivity contribution in [2.75, 3.05) is 25.1 Å². The number of likely N-dealkylation sites (tertiary alicyclic amines) is 1. The van der Waals surface area contributed by atoms with E-state index >= 15 is 0 Å². The number of hydrogen-bond donors (Lipinski definition) is 2. The minimum atomic E-state index is -0.310. The van der Waals surface area contributed by atoms with Gasteiger partial charge in [-0.1, -0.05) is 32.9 Å². The molecule has 0 spiro atoms. The summed E-state index contributed by atoms with van der Waals surface area (Å²) in [6, 6.07) is 10.4. The van der Waals surface area contributed by atoms with E-state index in [1.54, 1.807) is 24.4 Å². The van der Waals surface area contributed by atoms with E-state index in [1.165, 1.54) is 6.07 Å². The Labute approximate surface area is 228 Å². The lowest BCUT2D eigenvalue weighted by Crippen LogP contribution is -3.22. The van der Waals surface area contributed by atoms with E-state index < -0.39 is 0 Å². The minimum absolute atomic E-state index is 0.00767. The summed E-state index contributed by atoms with van der Waals surface area (Å²) < 4.78 is 22.4. The molecule has 0 radical (unpaired) electrons. The second kappa shape index (κ2) is 10.4. The lowest BCUT2D eigenvalue weighted by atomic mass is 9.80. The van der Waals surface area contributed by atoms with Gasteiger partial charge < -0.3 is 14.2 Å². The number of carbonyl (C=O) groups is 1. The molecule has 2 N–H and O–H groups in total. The van der Waals surface area contributed by atoms with Crippen LogP contribution in [0.1, 0.15) is 44.0 Å². The van der Waals surface area contributed by atoms with Gasteiger partial charge in [-0.25, -0.2) is 14.9 Å². The number of methoxy groups -OCH3 is 1. The van der Waals surface area contributed by atoms with Crippen LogP contribution in [0.3, 0.4) is 0 Å². The van der Waals surface area contributed by atoms with Crippen molar-refractivity contribution in [3.8, 4) is 11.4 Å². The van der Waals surface area contributed by atoms with Gasteiger partial charge >= 0.3 is 0 Å².